The summed E-state index contributed by atoms with van der Waals surface area (Å²) < 4.78 is 0. The van der Waals surface area contributed by atoms with E-state index in [1.807, 2.05) is 18.2 Å². The zero-order valence-electron chi connectivity index (χ0n) is 18.0. The van der Waals surface area contributed by atoms with Gasteiger partial charge in [-0.2, -0.15) is 5.26 Å². The molecule has 1 saturated carbocycles. The lowest BCUT2D eigenvalue weighted by Gasteiger charge is -2.37. The number of rotatable bonds is 6. The van der Waals surface area contributed by atoms with Crippen molar-refractivity contribution in [2.45, 2.75) is 69.4 Å². The van der Waals surface area contributed by atoms with Crippen LogP contribution in [0, 0.1) is 17.2 Å². The minimum Gasteiger partial charge on any atom is -0.348 e. The molecule has 4 rings (SSSR count). The van der Waals surface area contributed by atoms with Gasteiger partial charge in [0, 0.05) is 5.56 Å². The number of fused-ring (bicyclic) bond motifs is 1. The number of piperidine rings is 1. The second-order valence-corrected chi connectivity index (χ2v) is 9.09. The number of nitrogens with zero attached hydrogens (tertiary/aromatic N) is 2. The van der Waals surface area contributed by atoms with Crippen LogP contribution in [0.2, 0.25) is 0 Å². The Balaban J connectivity index is 1.59. The van der Waals surface area contributed by atoms with Crippen LogP contribution in [0.4, 0.5) is 0 Å². The largest absolute Gasteiger partial charge is 0.348 e. The molecule has 1 aliphatic carbocycles. The molecule has 0 spiro atoms. The monoisotopic (exact) mass is 421 g/mol. The molecule has 3 N–H and O–H groups in total. The predicted octanol–water partition coefficient (Wildman–Crippen LogP) is 2.67. The van der Waals surface area contributed by atoms with Crippen molar-refractivity contribution in [1.82, 2.24) is 16.0 Å². The Kier molecular flexibility index (Phi) is 6.67. The normalized spacial score (nSPS) is 22.9. The van der Waals surface area contributed by atoms with Gasteiger partial charge in [0.05, 0.1) is 23.6 Å². The number of nitriles is 1. The van der Waals surface area contributed by atoms with E-state index in [1.54, 1.807) is 6.07 Å². The maximum atomic E-state index is 13.5. The fourth-order valence-corrected chi connectivity index (χ4v) is 5.09. The van der Waals surface area contributed by atoms with Crippen LogP contribution in [0.5, 0.6) is 0 Å². The summed E-state index contributed by atoms with van der Waals surface area (Å²) in [7, 11) is 0. The molecule has 0 radical (unpaired) electrons. The van der Waals surface area contributed by atoms with Gasteiger partial charge in [0.25, 0.3) is 5.91 Å². The fraction of sp³-hybridized carbons (Fsp3) is 0.583. The number of carbonyl (C=O) groups excluding carboxylic acids is 2. The molecule has 3 aliphatic rings. The molecule has 0 aromatic heterocycles. The van der Waals surface area contributed by atoms with Gasteiger partial charge in [0.2, 0.25) is 5.91 Å². The topological polar surface area (TPSA) is 106 Å². The van der Waals surface area contributed by atoms with Gasteiger partial charge in [-0.15, -0.1) is 0 Å². The maximum absolute atomic E-state index is 13.5. The fourth-order valence-electron chi connectivity index (χ4n) is 5.09. The van der Waals surface area contributed by atoms with Crippen molar-refractivity contribution in [2.75, 3.05) is 13.1 Å². The minimum absolute atomic E-state index is 0.131. The SMILES string of the molecule is N#CCC1(NC(=O)C(CC2CCCCC2)N=C2NC(=O)c3ccccc32)CCNCC1. The lowest BCUT2D eigenvalue weighted by molar-refractivity contribution is -0.125. The molecule has 164 valence electrons. The average molecular weight is 422 g/mol. The first-order valence-corrected chi connectivity index (χ1v) is 11.5. The highest BCUT2D eigenvalue weighted by Gasteiger charge is 2.37. The summed E-state index contributed by atoms with van der Waals surface area (Å²) in [5.74, 6) is 0.636. The van der Waals surface area contributed by atoms with Crippen LogP contribution in [-0.2, 0) is 4.79 Å². The van der Waals surface area contributed by atoms with Gasteiger partial charge in [0.15, 0.2) is 0 Å². The highest BCUT2D eigenvalue weighted by molar-refractivity contribution is 6.23. The number of benzene rings is 1. The van der Waals surface area contributed by atoms with E-state index >= 15 is 0 Å². The minimum atomic E-state index is -0.574. The Bertz CT molecular complexity index is 891. The summed E-state index contributed by atoms with van der Waals surface area (Å²) in [6.45, 7) is 1.57. The summed E-state index contributed by atoms with van der Waals surface area (Å²) in [6.07, 6.45) is 8.32. The lowest BCUT2D eigenvalue weighted by Crippen LogP contribution is -2.56. The highest BCUT2D eigenvalue weighted by atomic mass is 16.2. The number of hydrogen-bond donors (Lipinski definition) is 3. The van der Waals surface area contributed by atoms with Gasteiger partial charge in [-0.05, 0) is 44.3 Å². The molecule has 31 heavy (non-hydrogen) atoms. The third-order valence-corrected chi connectivity index (χ3v) is 6.89. The van der Waals surface area contributed by atoms with E-state index in [1.165, 1.54) is 19.3 Å². The smallest absolute Gasteiger partial charge is 0.257 e. The van der Waals surface area contributed by atoms with Crippen molar-refractivity contribution in [3.8, 4) is 6.07 Å². The number of aliphatic imine (C=N–C) groups is 1. The first-order chi connectivity index (χ1) is 15.1. The maximum Gasteiger partial charge on any atom is 0.257 e. The molecule has 2 amide bonds. The molecule has 1 aromatic carbocycles. The molecule has 7 heteroatoms. The number of hydrogen-bond acceptors (Lipinski definition) is 5. The van der Waals surface area contributed by atoms with Crippen molar-refractivity contribution in [1.29, 1.82) is 5.26 Å². The number of nitrogens with one attached hydrogen (secondary N) is 3. The molecule has 1 unspecified atom stereocenters. The zero-order valence-corrected chi connectivity index (χ0v) is 18.0. The third kappa shape index (κ3) is 4.96. The molecule has 0 bridgehead atoms. The lowest BCUT2D eigenvalue weighted by atomic mass is 9.83. The average Bonchev–Trinajstić information content (AvgIpc) is 3.10. The van der Waals surface area contributed by atoms with Gasteiger partial charge < -0.3 is 16.0 Å². The molecule has 1 aromatic rings. The molecule has 1 saturated heterocycles. The Morgan fingerprint density at radius 1 is 1.19 bits per heavy atom. The van der Waals surface area contributed by atoms with Crippen LogP contribution in [0.3, 0.4) is 0 Å². The Morgan fingerprint density at radius 3 is 2.61 bits per heavy atom. The zero-order chi connectivity index (χ0) is 21.7. The van der Waals surface area contributed by atoms with Crippen LogP contribution >= 0.6 is 0 Å². The third-order valence-electron chi connectivity index (χ3n) is 6.89. The first kappa shape index (κ1) is 21.5. The second kappa shape index (κ2) is 9.61. The van der Waals surface area contributed by atoms with Gasteiger partial charge >= 0.3 is 0 Å². The van der Waals surface area contributed by atoms with Crippen molar-refractivity contribution >= 4 is 17.6 Å². The molecule has 7 nitrogen and oxygen atoms in total. The summed E-state index contributed by atoms with van der Waals surface area (Å²) in [6, 6.07) is 9.04. The van der Waals surface area contributed by atoms with E-state index in [0.717, 1.165) is 44.3 Å². The summed E-state index contributed by atoms with van der Waals surface area (Å²) in [5.41, 5.74) is 0.846. The van der Waals surface area contributed by atoms with E-state index in [9.17, 15) is 14.9 Å². The quantitative estimate of drug-likeness (QED) is 0.656. The van der Waals surface area contributed by atoms with Crippen molar-refractivity contribution in [2.24, 2.45) is 10.9 Å². The Morgan fingerprint density at radius 2 is 1.90 bits per heavy atom. The summed E-state index contributed by atoms with van der Waals surface area (Å²) >= 11 is 0. The number of amides is 2. The van der Waals surface area contributed by atoms with Crippen LogP contribution in [-0.4, -0.2) is 42.3 Å². The number of carbonyl (C=O) groups is 2. The van der Waals surface area contributed by atoms with Crippen molar-refractivity contribution < 1.29 is 9.59 Å². The molecule has 2 heterocycles. The van der Waals surface area contributed by atoms with Crippen LogP contribution < -0.4 is 16.0 Å². The molecular formula is C24H31N5O2. The predicted molar refractivity (Wildman–Crippen MR) is 119 cm³/mol. The van der Waals surface area contributed by atoms with E-state index in [4.69, 9.17) is 4.99 Å². The van der Waals surface area contributed by atoms with E-state index < -0.39 is 11.6 Å². The molecule has 2 aliphatic heterocycles. The molecule has 1 atom stereocenters. The van der Waals surface area contributed by atoms with Crippen LogP contribution in [0.15, 0.2) is 29.3 Å². The highest BCUT2D eigenvalue weighted by Crippen LogP contribution is 2.30. The van der Waals surface area contributed by atoms with Gasteiger partial charge in [0.1, 0.15) is 11.9 Å². The van der Waals surface area contributed by atoms with E-state index in [-0.39, 0.29) is 11.8 Å². The van der Waals surface area contributed by atoms with E-state index in [0.29, 0.717) is 30.2 Å². The van der Waals surface area contributed by atoms with Crippen LogP contribution in [0.1, 0.15) is 73.7 Å². The van der Waals surface area contributed by atoms with Crippen molar-refractivity contribution in [3.63, 3.8) is 0 Å². The molecule has 2 fully saturated rings. The number of amidine groups is 1. The first-order valence-electron chi connectivity index (χ1n) is 11.5. The molecular weight excluding hydrogens is 390 g/mol. The Labute approximate surface area is 183 Å². The van der Waals surface area contributed by atoms with Gasteiger partial charge in [-0.25, -0.2) is 0 Å². The summed E-state index contributed by atoms with van der Waals surface area (Å²) in [5, 5.41) is 18.7. The van der Waals surface area contributed by atoms with Crippen molar-refractivity contribution in [3.05, 3.63) is 35.4 Å². The second-order valence-electron chi connectivity index (χ2n) is 9.09. The van der Waals surface area contributed by atoms with Gasteiger partial charge in [-0.1, -0.05) is 50.3 Å². The van der Waals surface area contributed by atoms with Gasteiger partial charge in [-0.3, -0.25) is 14.6 Å². The van der Waals surface area contributed by atoms with Crippen LogP contribution in [0.25, 0.3) is 0 Å². The summed E-state index contributed by atoms with van der Waals surface area (Å²) in [4.78, 5) is 30.6. The Hall–Kier alpha value is -2.72. The standard InChI is InChI=1S/C24H31N5O2/c25-13-10-24(11-14-26-15-12-24)29-23(31)20(16-17-6-2-1-3-7-17)27-21-18-8-4-5-9-19(18)22(30)28-21/h4-5,8-9,17,20,26H,1-3,6-7,10-12,14-16H2,(H,29,31)(H,27,28,30). The van der Waals surface area contributed by atoms with E-state index in [2.05, 4.69) is 22.0 Å².